The lowest BCUT2D eigenvalue weighted by Crippen LogP contribution is -2.26. The van der Waals surface area contributed by atoms with Crippen molar-refractivity contribution in [3.63, 3.8) is 0 Å². The van der Waals surface area contributed by atoms with E-state index in [0.717, 1.165) is 44.5 Å². The van der Waals surface area contributed by atoms with Gasteiger partial charge in [0.1, 0.15) is 5.75 Å². The van der Waals surface area contributed by atoms with Gasteiger partial charge < -0.3 is 14.7 Å². The molecule has 0 aromatic heterocycles. The monoisotopic (exact) mass is 375 g/mol. The predicted molar refractivity (Wildman–Crippen MR) is 107 cm³/mol. The molecule has 2 rings (SSSR count). The maximum atomic E-state index is 11.5. The third-order valence-electron chi connectivity index (χ3n) is 4.14. The van der Waals surface area contributed by atoms with Crippen molar-refractivity contribution in [1.29, 1.82) is 0 Å². The standard InChI is InChI=1S/C21H26ClNO3/c1-3-5-12-23(13-6-4-2)19-15-16(21(24)25)14-18(22)20(19)26-17-10-8-7-9-11-17/h7-11,14-15H,3-6,12-13H2,1-2H3,(H,24,25). The van der Waals surface area contributed by atoms with Crippen LogP contribution in [-0.4, -0.2) is 24.2 Å². The van der Waals surface area contributed by atoms with Gasteiger partial charge in [-0.15, -0.1) is 0 Å². The number of hydrogen-bond acceptors (Lipinski definition) is 3. The molecular formula is C21H26ClNO3. The lowest BCUT2D eigenvalue weighted by molar-refractivity contribution is 0.0697. The minimum absolute atomic E-state index is 0.170. The topological polar surface area (TPSA) is 49.8 Å². The van der Waals surface area contributed by atoms with Gasteiger partial charge in [-0.25, -0.2) is 4.79 Å². The van der Waals surface area contributed by atoms with Crippen molar-refractivity contribution < 1.29 is 14.6 Å². The predicted octanol–water partition coefficient (Wildman–Crippen LogP) is 6.24. The summed E-state index contributed by atoms with van der Waals surface area (Å²) in [5, 5.41) is 9.74. The van der Waals surface area contributed by atoms with E-state index in [1.165, 1.54) is 6.07 Å². The minimum atomic E-state index is -0.995. The summed E-state index contributed by atoms with van der Waals surface area (Å²) in [5.41, 5.74) is 0.907. The van der Waals surface area contributed by atoms with Crippen LogP contribution in [0.25, 0.3) is 0 Å². The summed E-state index contributed by atoms with van der Waals surface area (Å²) in [7, 11) is 0. The van der Waals surface area contributed by atoms with Crippen molar-refractivity contribution in [1.82, 2.24) is 0 Å². The molecule has 4 nitrogen and oxygen atoms in total. The number of benzene rings is 2. The van der Waals surface area contributed by atoms with E-state index in [4.69, 9.17) is 16.3 Å². The molecule has 1 N–H and O–H groups in total. The number of para-hydroxylation sites is 1. The molecule has 0 aliphatic carbocycles. The molecule has 140 valence electrons. The number of ether oxygens (including phenoxy) is 1. The highest BCUT2D eigenvalue weighted by Crippen LogP contribution is 2.40. The highest BCUT2D eigenvalue weighted by molar-refractivity contribution is 6.33. The van der Waals surface area contributed by atoms with E-state index >= 15 is 0 Å². The lowest BCUT2D eigenvalue weighted by Gasteiger charge is -2.27. The zero-order valence-corrected chi connectivity index (χ0v) is 16.1. The Morgan fingerprint density at radius 1 is 1.08 bits per heavy atom. The zero-order valence-electron chi connectivity index (χ0n) is 15.4. The molecule has 0 bridgehead atoms. The summed E-state index contributed by atoms with van der Waals surface area (Å²) >= 11 is 6.43. The highest BCUT2D eigenvalue weighted by Gasteiger charge is 2.20. The Morgan fingerprint density at radius 3 is 2.23 bits per heavy atom. The SMILES string of the molecule is CCCCN(CCCC)c1cc(C(=O)O)cc(Cl)c1Oc1ccccc1. The molecule has 0 aliphatic heterocycles. The van der Waals surface area contributed by atoms with Crippen LogP contribution in [0, 0.1) is 0 Å². The van der Waals surface area contributed by atoms with Crippen LogP contribution in [0.3, 0.4) is 0 Å². The fraction of sp³-hybridized carbons (Fsp3) is 0.381. The van der Waals surface area contributed by atoms with Crippen LogP contribution >= 0.6 is 11.6 Å². The Morgan fingerprint density at radius 2 is 1.69 bits per heavy atom. The number of carbonyl (C=O) groups is 1. The van der Waals surface area contributed by atoms with Crippen molar-refractivity contribution in [2.75, 3.05) is 18.0 Å². The van der Waals surface area contributed by atoms with Crippen LogP contribution in [0.2, 0.25) is 5.02 Å². The second-order valence-electron chi connectivity index (χ2n) is 6.22. The van der Waals surface area contributed by atoms with Crippen LogP contribution < -0.4 is 9.64 Å². The van der Waals surface area contributed by atoms with Gasteiger partial charge in [0.15, 0.2) is 5.75 Å². The van der Waals surface area contributed by atoms with E-state index in [-0.39, 0.29) is 5.56 Å². The van der Waals surface area contributed by atoms with Crippen LogP contribution in [-0.2, 0) is 0 Å². The Hall–Kier alpha value is -2.20. The van der Waals surface area contributed by atoms with Crippen LogP contribution in [0.4, 0.5) is 5.69 Å². The number of anilines is 1. The van der Waals surface area contributed by atoms with Crippen molar-refractivity contribution in [3.05, 3.63) is 53.1 Å². The van der Waals surface area contributed by atoms with Crippen molar-refractivity contribution in [2.45, 2.75) is 39.5 Å². The Bertz CT molecular complexity index is 711. The van der Waals surface area contributed by atoms with Crippen molar-refractivity contribution in [3.8, 4) is 11.5 Å². The van der Waals surface area contributed by atoms with E-state index in [1.54, 1.807) is 6.07 Å². The van der Waals surface area contributed by atoms with Gasteiger partial charge in [-0.05, 0) is 37.1 Å². The van der Waals surface area contributed by atoms with E-state index in [9.17, 15) is 9.90 Å². The highest BCUT2D eigenvalue weighted by atomic mass is 35.5. The van der Waals surface area contributed by atoms with Crippen LogP contribution in [0.5, 0.6) is 11.5 Å². The first-order chi connectivity index (χ1) is 12.6. The maximum Gasteiger partial charge on any atom is 0.335 e. The molecule has 2 aromatic rings. The fourth-order valence-corrected chi connectivity index (χ4v) is 2.95. The summed E-state index contributed by atoms with van der Waals surface area (Å²) in [6, 6.07) is 12.5. The molecule has 0 unspecified atom stereocenters. The Balaban J connectivity index is 2.48. The molecule has 0 amide bonds. The molecule has 0 radical (unpaired) electrons. The number of carboxylic acids is 1. The molecule has 5 heteroatoms. The van der Waals surface area contributed by atoms with Gasteiger partial charge in [-0.2, -0.15) is 0 Å². The van der Waals surface area contributed by atoms with Gasteiger partial charge in [0, 0.05) is 13.1 Å². The lowest BCUT2D eigenvalue weighted by atomic mass is 10.1. The van der Waals surface area contributed by atoms with Crippen molar-refractivity contribution >= 4 is 23.3 Å². The van der Waals surface area contributed by atoms with Gasteiger partial charge >= 0.3 is 5.97 Å². The van der Waals surface area contributed by atoms with Gasteiger partial charge in [-0.3, -0.25) is 0 Å². The molecule has 0 saturated carbocycles. The second-order valence-corrected chi connectivity index (χ2v) is 6.63. The summed E-state index contributed by atoms with van der Waals surface area (Å²) in [6.07, 6.45) is 4.15. The molecule has 2 aromatic carbocycles. The average molecular weight is 376 g/mol. The number of hydrogen-bond donors (Lipinski definition) is 1. The summed E-state index contributed by atoms with van der Waals surface area (Å²) in [4.78, 5) is 13.7. The number of carboxylic acid groups (broad SMARTS) is 1. The Labute approximate surface area is 160 Å². The first kappa shape index (κ1) is 20.1. The number of nitrogens with zero attached hydrogens (tertiary/aromatic N) is 1. The Kier molecular flexibility index (Phi) is 7.79. The van der Waals surface area contributed by atoms with Crippen molar-refractivity contribution in [2.24, 2.45) is 0 Å². The first-order valence-corrected chi connectivity index (χ1v) is 9.49. The second kappa shape index (κ2) is 10.1. The average Bonchev–Trinajstić information content (AvgIpc) is 2.64. The molecule has 26 heavy (non-hydrogen) atoms. The molecule has 0 heterocycles. The number of halogens is 1. The van der Waals surface area contributed by atoms with Crippen LogP contribution in [0.1, 0.15) is 49.9 Å². The number of aromatic carboxylic acids is 1. The fourth-order valence-electron chi connectivity index (χ4n) is 2.70. The molecule has 0 spiro atoms. The van der Waals surface area contributed by atoms with Crippen LogP contribution in [0.15, 0.2) is 42.5 Å². The molecule has 0 saturated heterocycles. The minimum Gasteiger partial charge on any atom is -0.478 e. The quantitative estimate of drug-likeness (QED) is 0.534. The first-order valence-electron chi connectivity index (χ1n) is 9.11. The molecule has 0 fully saturated rings. The maximum absolute atomic E-state index is 11.5. The van der Waals surface area contributed by atoms with Gasteiger partial charge in [0.2, 0.25) is 0 Å². The largest absolute Gasteiger partial charge is 0.478 e. The normalized spacial score (nSPS) is 10.6. The van der Waals surface area contributed by atoms with Gasteiger partial charge in [0.05, 0.1) is 16.3 Å². The smallest absolute Gasteiger partial charge is 0.335 e. The van der Waals surface area contributed by atoms with E-state index in [1.807, 2.05) is 30.3 Å². The molecule has 0 atom stereocenters. The zero-order chi connectivity index (χ0) is 18.9. The summed E-state index contributed by atoms with van der Waals surface area (Å²) in [6.45, 7) is 5.95. The molecule has 0 aliphatic rings. The van der Waals surface area contributed by atoms with E-state index < -0.39 is 5.97 Å². The summed E-state index contributed by atoms with van der Waals surface area (Å²) in [5.74, 6) is 0.185. The van der Waals surface area contributed by atoms with E-state index in [2.05, 4.69) is 18.7 Å². The summed E-state index contributed by atoms with van der Waals surface area (Å²) < 4.78 is 6.05. The number of rotatable bonds is 10. The van der Waals surface area contributed by atoms with Gasteiger partial charge in [-0.1, -0.05) is 56.5 Å². The van der Waals surface area contributed by atoms with E-state index in [0.29, 0.717) is 16.5 Å². The number of unbranched alkanes of at least 4 members (excludes halogenated alkanes) is 2. The molecular weight excluding hydrogens is 350 g/mol. The van der Waals surface area contributed by atoms with Gasteiger partial charge in [0.25, 0.3) is 0 Å². The third-order valence-corrected chi connectivity index (χ3v) is 4.42. The third kappa shape index (κ3) is 5.40.